The van der Waals surface area contributed by atoms with Gasteiger partial charge in [0.2, 0.25) is 5.91 Å². The molecule has 0 saturated carbocycles. The van der Waals surface area contributed by atoms with Crippen molar-refractivity contribution in [2.75, 3.05) is 33.2 Å². The summed E-state index contributed by atoms with van der Waals surface area (Å²) in [6.45, 7) is 4.36. The molecule has 10 nitrogen and oxygen atoms in total. The van der Waals surface area contributed by atoms with Crippen molar-refractivity contribution in [3.8, 4) is 0 Å². The fourth-order valence-corrected chi connectivity index (χ4v) is 3.55. The van der Waals surface area contributed by atoms with Gasteiger partial charge in [0.05, 0.1) is 13.2 Å². The largest absolute Gasteiger partial charge is 0.469 e. The van der Waals surface area contributed by atoms with Crippen molar-refractivity contribution >= 4 is 19.7 Å². The molecule has 0 aliphatic heterocycles. The lowest BCUT2D eigenvalue weighted by Crippen LogP contribution is -2.28. The van der Waals surface area contributed by atoms with Crippen molar-refractivity contribution in [1.29, 1.82) is 0 Å². The minimum atomic E-state index is -4.67. The molecule has 0 unspecified atom stereocenters. The second kappa shape index (κ2) is 22.4. The number of unbranched alkanes of at least 4 members (excludes halogenated alkanes) is 10. The molecule has 0 saturated heterocycles. The third-order valence-electron chi connectivity index (χ3n) is 5.02. The molecule has 0 rings (SSSR count). The van der Waals surface area contributed by atoms with Gasteiger partial charge in [0.25, 0.3) is 0 Å². The molecular weight excluding hydrogens is 465 g/mol. The zero-order chi connectivity index (χ0) is 25.5. The van der Waals surface area contributed by atoms with Gasteiger partial charge in [0.1, 0.15) is 12.9 Å². The molecule has 0 aliphatic rings. The monoisotopic (exact) mass is 511 g/mol. The summed E-state index contributed by atoms with van der Waals surface area (Å²) in [4.78, 5) is 40.7. The van der Waals surface area contributed by atoms with E-state index in [4.69, 9.17) is 24.0 Å². The Hall–Kier alpha value is -1.03. The van der Waals surface area contributed by atoms with Gasteiger partial charge >= 0.3 is 13.8 Å². The molecule has 1 atom stereocenters. The first-order valence-electron chi connectivity index (χ1n) is 12.5. The maximum atomic E-state index is 12.1. The second-order valence-corrected chi connectivity index (χ2v) is 9.66. The van der Waals surface area contributed by atoms with E-state index in [2.05, 4.69) is 16.8 Å². The highest BCUT2D eigenvalue weighted by molar-refractivity contribution is 7.46. The number of rotatable bonds is 24. The average molecular weight is 512 g/mol. The molecule has 3 N–H and O–H groups in total. The number of hydrogen-bond acceptors (Lipinski definition) is 7. The van der Waals surface area contributed by atoms with Gasteiger partial charge in [-0.2, -0.15) is 0 Å². The van der Waals surface area contributed by atoms with Gasteiger partial charge in [0.15, 0.2) is 0 Å². The van der Waals surface area contributed by atoms with Gasteiger partial charge in [-0.3, -0.25) is 14.1 Å². The number of esters is 1. The number of carbonyl (C=O) groups is 2. The predicted molar refractivity (Wildman–Crippen MR) is 129 cm³/mol. The lowest BCUT2D eigenvalue weighted by atomic mass is 10.1. The Labute approximate surface area is 204 Å². The number of nitrogens with one attached hydrogen (secondary N) is 1. The third kappa shape index (κ3) is 25.6. The van der Waals surface area contributed by atoms with Gasteiger partial charge in [0, 0.05) is 26.5 Å². The van der Waals surface area contributed by atoms with Crippen LogP contribution in [0.1, 0.15) is 97.3 Å². The van der Waals surface area contributed by atoms with E-state index in [1.54, 1.807) is 0 Å². The second-order valence-electron chi connectivity index (χ2n) is 8.42. The number of phosphoric ester groups is 1. The number of amides is 1. The molecule has 11 heteroatoms. The van der Waals surface area contributed by atoms with Crippen LogP contribution in [0.25, 0.3) is 0 Å². The summed E-state index contributed by atoms with van der Waals surface area (Å²) in [6.07, 6.45) is 11.8. The van der Waals surface area contributed by atoms with Crippen LogP contribution in [0.2, 0.25) is 0 Å². The molecule has 0 aromatic carbocycles. The van der Waals surface area contributed by atoms with Gasteiger partial charge in [-0.25, -0.2) is 4.57 Å². The maximum Gasteiger partial charge on any atom is 0.469 e. The Balaban J connectivity index is 3.92. The minimum Gasteiger partial charge on any atom is -0.457 e. The van der Waals surface area contributed by atoms with Crippen molar-refractivity contribution in [3.05, 3.63) is 0 Å². The Morgan fingerprint density at radius 1 is 0.853 bits per heavy atom. The summed E-state index contributed by atoms with van der Waals surface area (Å²) < 4.78 is 31.5. The van der Waals surface area contributed by atoms with Crippen LogP contribution < -0.4 is 5.32 Å². The van der Waals surface area contributed by atoms with E-state index in [0.717, 1.165) is 51.4 Å². The van der Waals surface area contributed by atoms with Crippen LogP contribution in [0.4, 0.5) is 0 Å². The lowest BCUT2D eigenvalue weighted by Gasteiger charge is -2.18. The molecule has 0 heterocycles. The molecule has 0 bridgehead atoms. The SMILES string of the molecule is CCCCCCCCCC(=O)O[C@H](COCOCCCCCCCNC(C)=O)COP(=O)(O)O. The number of carbonyl (C=O) groups excluding carboxylic acids is 2. The number of phosphoric acid groups is 1. The van der Waals surface area contributed by atoms with Crippen LogP contribution in [0.3, 0.4) is 0 Å². The Morgan fingerprint density at radius 3 is 2.12 bits per heavy atom. The molecule has 34 heavy (non-hydrogen) atoms. The maximum absolute atomic E-state index is 12.1. The van der Waals surface area contributed by atoms with Gasteiger partial charge in [-0.05, 0) is 19.3 Å². The minimum absolute atomic E-state index is 0.00753. The molecule has 0 aromatic rings. The van der Waals surface area contributed by atoms with Crippen LogP contribution in [0, 0.1) is 0 Å². The van der Waals surface area contributed by atoms with Crippen LogP contribution >= 0.6 is 7.82 Å². The Bertz CT molecular complexity index is 557. The van der Waals surface area contributed by atoms with Crippen molar-refractivity contribution in [2.45, 2.75) is 103 Å². The molecular formula is C23H46NO9P. The van der Waals surface area contributed by atoms with Crippen LogP contribution in [-0.2, 0) is 32.9 Å². The van der Waals surface area contributed by atoms with E-state index in [9.17, 15) is 14.2 Å². The highest BCUT2D eigenvalue weighted by Gasteiger charge is 2.21. The van der Waals surface area contributed by atoms with Crippen molar-refractivity contribution < 1.29 is 42.7 Å². The molecule has 202 valence electrons. The molecule has 0 aromatic heterocycles. The Morgan fingerprint density at radius 2 is 1.47 bits per heavy atom. The zero-order valence-corrected chi connectivity index (χ0v) is 21.9. The summed E-state index contributed by atoms with van der Waals surface area (Å²) >= 11 is 0. The van der Waals surface area contributed by atoms with E-state index in [0.29, 0.717) is 19.6 Å². The highest BCUT2D eigenvalue weighted by Crippen LogP contribution is 2.35. The summed E-state index contributed by atoms with van der Waals surface area (Å²) in [6, 6.07) is 0. The fourth-order valence-electron chi connectivity index (χ4n) is 3.19. The van der Waals surface area contributed by atoms with Gasteiger partial charge in [-0.1, -0.05) is 64.7 Å². The summed E-state index contributed by atoms with van der Waals surface area (Å²) in [5.74, 6) is -0.442. The standard InChI is InChI=1S/C23H46NO9P/c1-3-4-5-6-7-9-12-15-23(26)33-22(19-32-34(27,28)29)18-31-20-30-17-14-11-8-10-13-16-24-21(2)25/h22H,3-20H2,1-2H3,(H,24,25)(H2,27,28,29)/t22-/m1/s1. The number of hydrogen-bond donors (Lipinski definition) is 3. The van der Waals surface area contributed by atoms with Crippen molar-refractivity contribution in [1.82, 2.24) is 5.32 Å². The number of ether oxygens (including phenoxy) is 3. The first kappa shape index (κ1) is 33.0. The smallest absolute Gasteiger partial charge is 0.457 e. The normalized spacial score (nSPS) is 12.5. The van der Waals surface area contributed by atoms with Gasteiger partial charge < -0.3 is 29.3 Å². The molecule has 0 spiro atoms. The molecule has 0 aliphatic carbocycles. The first-order valence-corrected chi connectivity index (χ1v) is 14.1. The van der Waals surface area contributed by atoms with E-state index >= 15 is 0 Å². The van der Waals surface area contributed by atoms with Crippen LogP contribution in [0.15, 0.2) is 0 Å². The van der Waals surface area contributed by atoms with E-state index in [1.165, 1.54) is 26.2 Å². The quantitative estimate of drug-likeness (QED) is 0.0751. The molecule has 0 fully saturated rings. The summed E-state index contributed by atoms with van der Waals surface area (Å²) in [7, 11) is -4.67. The van der Waals surface area contributed by atoms with Crippen molar-refractivity contribution in [2.24, 2.45) is 0 Å². The fraction of sp³-hybridized carbons (Fsp3) is 0.913. The van der Waals surface area contributed by atoms with Crippen molar-refractivity contribution in [3.63, 3.8) is 0 Å². The van der Waals surface area contributed by atoms with E-state index in [-0.39, 0.29) is 25.7 Å². The van der Waals surface area contributed by atoms with E-state index < -0.39 is 26.5 Å². The van der Waals surface area contributed by atoms with E-state index in [1.807, 2.05) is 0 Å². The summed E-state index contributed by atoms with van der Waals surface area (Å²) in [5.41, 5.74) is 0. The average Bonchev–Trinajstić information content (AvgIpc) is 2.76. The lowest BCUT2D eigenvalue weighted by molar-refractivity contribution is -0.158. The summed E-state index contributed by atoms with van der Waals surface area (Å²) in [5, 5.41) is 2.77. The van der Waals surface area contributed by atoms with Gasteiger partial charge in [-0.15, -0.1) is 0 Å². The van der Waals surface area contributed by atoms with Crippen LogP contribution in [0.5, 0.6) is 0 Å². The first-order chi connectivity index (χ1) is 16.2. The third-order valence-corrected chi connectivity index (χ3v) is 5.51. The predicted octanol–water partition coefficient (Wildman–Crippen LogP) is 4.23. The zero-order valence-electron chi connectivity index (χ0n) is 21.0. The molecule has 0 radical (unpaired) electrons. The molecule has 1 amide bonds. The highest BCUT2D eigenvalue weighted by atomic mass is 31.2. The van der Waals surface area contributed by atoms with Crippen LogP contribution in [-0.4, -0.2) is 60.9 Å². The Kier molecular flexibility index (Phi) is 21.8. The topological polar surface area (TPSA) is 141 Å².